The first-order valence-corrected chi connectivity index (χ1v) is 6.22. The van der Waals surface area contributed by atoms with E-state index in [0.717, 1.165) is 17.8 Å². The quantitative estimate of drug-likeness (QED) is 0.886. The molecule has 2 aromatic rings. The van der Waals surface area contributed by atoms with E-state index < -0.39 is 0 Å². The van der Waals surface area contributed by atoms with Crippen molar-refractivity contribution in [2.45, 2.75) is 20.3 Å². The summed E-state index contributed by atoms with van der Waals surface area (Å²) in [4.78, 5) is 16.2. The number of benzene rings is 1. The molecular formula is C15H17N3O. The van der Waals surface area contributed by atoms with Crippen molar-refractivity contribution in [2.24, 2.45) is 0 Å². The zero-order valence-corrected chi connectivity index (χ0v) is 11.1. The van der Waals surface area contributed by atoms with Crippen LogP contribution in [0.4, 0.5) is 11.4 Å². The fraction of sp³-hybridized carbons (Fsp3) is 0.200. The van der Waals surface area contributed by atoms with Gasteiger partial charge in [-0.1, -0.05) is 19.1 Å². The Morgan fingerprint density at radius 2 is 2.16 bits per heavy atom. The van der Waals surface area contributed by atoms with Gasteiger partial charge < -0.3 is 11.1 Å². The molecule has 1 heterocycles. The second-order valence-electron chi connectivity index (χ2n) is 4.42. The molecule has 0 aliphatic heterocycles. The maximum absolute atomic E-state index is 12.1. The fourth-order valence-corrected chi connectivity index (χ4v) is 1.84. The molecule has 0 unspecified atom stereocenters. The van der Waals surface area contributed by atoms with Gasteiger partial charge in [0.05, 0.1) is 5.56 Å². The van der Waals surface area contributed by atoms with Gasteiger partial charge in [0.2, 0.25) is 0 Å². The number of anilines is 2. The summed E-state index contributed by atoms with van der Waals surface area (Å²) in [5.41, 5.74) is 9.40. The third-order valence-corrected chi connectivity index (χ3v) is 2.91. The van der Waals surface area contributed by atoms with Crippen LogP contribution in [0.1, 0.15) is 28.5 Å². The largest absolute Gasteiger partial charge is 0.398 e. The Morgan fingerprint density at radius 3 is 2.84 bits per heavy atom. The lowest BCUT2D eigenvalue weighted by Crippen LogP contribution is -2.14. The van der Waals surface area contributed by atoms with Gasteiger partial charge >= 0.3 is 0 Å². The monoisotopic (exact) mass is 255 g/mol. The van der Waals surface area contributed by atoms with E-state index >= 15 is 0 Å². The average molecular weight is 255 g/mol. The van der Waals surface area contributed by atoms with Crippen LogP contribution in [0.25, 0.3) is 0 Å². The molecule has 4 nitrogen and oxygen atoms in total. The molecule has 0 saturated carbocycles. The van der Waals surface area contributed by atoms with E-state index in [-0.39, 0.29) is 5.91 Å². The van der Waals surface area contributed by atoms with E-state index in [1.807, 2.05) is 31.2 Å². The number of hydrogen-bond donors (Lipinski definition) is 2. The van der Waals surface area contributed by atoms with Crippen LogP contribution >= 0.6 is 0 Å². The maximum atomic E-state index is 12.1. The van der Waals surface area contributed by atoms with Gasteiger partial charge in [0.15, 0.2) is 0 Å². The summed E-state index contributed by atoms with van der Waals surface area (Å²) in [5.74, 6) is -0.238. The van der Waals surface area contributed by atoms with Crippen molar-refractivity contribution in [3.8, 4) is 0 Å². The lowest BCUT2D eigenvalue weighted by Gasteiger charge is -2.08. The Kier molecular flexibility index (Phi) is 3.80. The Bertz CT molecular complexity index is 608. The van der Waals surface area contributed by atoms with Crippen molar-refractivity contribution in [1.29, 1.82) is 0 Å². The molecule has 1 amide bonds. The van der Waals surface area contributed by atoms with Gasteiger partial charge in [0.1, 0.15) is 0 Å². The van der Waals surface area contributed by atoms with E-state index in [1.54, 1.807) is 6.07 Å². The molecular weight excluding hydrogens is 238 g/mol. The van der Waals surface area contributed by atoms with Crippen molar-refractivity contribution in [1.82, 2.24) is 4.98 Å². The first-order chi connectivity index (χ1) is 9.10. The summed E-state index contributed by atoms with van der Waals surface area (Å²) in [6.45, 7) is 3.91. The topological polar surface area (TPSA) is 68.0 Å². The van der Waals surface area contributed by atoms with E-state index in [4.69, 9.17) is 5.73 Å². The first-order valence-electron chi connectivity index (χ1n) is 6.22. The van der Waals surface area contributed by atoms with Crippen molar-refractivity contribution in [3.05, 3.63) is 53.3 Å². The number of rotatable bonds is 3. The second-order valence-corrected chi connectivity index (χ2v) is 4.42. The lowest BCUT2D eigenvalue weighted by atomic mass is 10.1. The maximum Gasteiger partial charge on any atom is 0.259 e. The number of nitrogens with two attached hydrogens (primary N) is 1. The highest BCUT2D eigenvalue weighted by atomic mass is 16.1. The van der Waals surface area contributed by atoms with Gasteiger partial charge in [-0.15, -0.1) is 0 Å². The molecule has 0 radical (unpaired) electrons. The van der Waals surface area contributed by atoms with Gasteiger partial charge in [0, 0.05) is 23.3 Å². The molecule has 0 fully saturated rings. The molecule has 1 aromatic carbocycles. The minimum atomic E-state index is -0.238. The third kappa shape index (κ3) is 3.10. The highest BCUT2D eigenvalue weighted by Gasteiger charge is 2.10. The number of hydrogen-bond acceptors (Lipinski definition) is 3. The number of nitrogen functional groups attached to an aromatic ring is 1. The average Bonchev–Trinajstić information content (AvgIpc) is 2.38. The summed E-state index contributed by atoms with van der Waals surface area (Å²) in [5, 5.41) is 2.83. The van der Waals surface area contributed by atoms with Crippen LogP contribution in [0.15, 0.2) is 36.5 Å². The van der Waals surface area contributed by atoms with E-state index in [1.165, 1.54) is 11.8 Å². The minimum Gasteiger partial charge on any atom is -0.398 e. The van der Waals surface area contributed by atoms with Crippen molar-refractivity contribution < 1.29 is 4.79 Å². The number of aromatic nitrogens is 1. The Labute approximate surface area is 112 Å². The molecule has 0 aliphatic carbocycles. The SMILES string of the molecule is CCc1cccc(NC(=O)c2cnc(C)cc2N)c1. The summed E-state index contributed by atoms with van der Waals surface area (Å²) >= 11 is 0. The van der Waals surface area contributed by atoms with Crippen LogP contribution in [0.2, 0.25) is 0 Å². The standard InChI is InChI=1S/C15H17N3O/c1-3-11-5-4-6-12(8-11)18-15(19)13-9-17-10(2)7-14(13)16/h4-9H,3H2,1-2H3,(H2,16,17)(H,18,19). The summed E-state index contributed by atoms with van der Waals surface area (Å²) in [6.07, 6.45) is 2.43. The zero-order chi connectivity index (χ0) is 13.8. The van der Waals surface area contributed by atoms with Gasteiger partial charge in [-0.25, -0.2) is 0 Å². The number of nitrogens with zero attached hydrogens (tertiary/aromatic N) is 1. The van der Waals surface area contributed by atoms with Gasteiger partial charge in [-0.2, -0.15) is 0 Å². The second kappa shape index (κ2) is 5.52. The molecule has 1 aromatic heterocycles. The molecule has 0 bridgehead atoms. The number of nitrogens with one attached hydrogen (secondary N) is 1. The molecule has 0 spiro atoms. The Hall–Kier alpha value is -2.36. The first kappa shape index (κ1) is 13.1. The van der Waals surface area contributed by atoms with Crippen LogP contribution in [-0.4, -0.2) is 10.9 Å². The summed E-state index contributed by atoms with van der Waals surface area (Å²) in [6, 6.07) is 9.45. The molecule has 19 heavy (non-hydrogen) atoms. The number of carbonyl (C=O) groups excluding carboxylic acids is 1. The Balaban J connectivity index is 2.20. The van der Waals surface area contributed by atoms with Crippen LogP contribution in [0.3, 0.4) is 0 Å². The summed E-state index contributed by atoms with van der Waals surface area (Å²) < 4.78 is 0. The zero-order valence-electron chi connectivity index (χ0n) is 11.1. The van der Waals surface area contributed by atoms with Crippen LogP contribution in [0.5, 0.6) is 0 Å². The van der Waals surface area contributed by atoms with Gasteiger partial charge in [-0.3, -0.25) is 9.78 Å². The van der Waals surface area contributed by atoms with Crippen molar-refractivity contribution in [3.63, 3.8) is 0 Å². The number of carbonyl (C=O) groups is 1. The number of aryl methyl sites for hydroxylation is 2. The van der Waals surface area contributed by atoms with Crippen molar-refractivity contribution >= 4 is 17.3 Å². The fourth-order valence-electron chi connectivity index (χ4n) is 1.84. The number of pyridine rings is 1. The summed E-state index contributed by atoms with van der Waals surface area (Å²) in [7, 11) is 0. The molecule has 3 N–H and O–H groups in total. The van der Waals surface area contributed by atoms with Crippen molar-refractivity contribution in [2.75, 3.05) is 11.1 Å². The van der Waals surface area contributed by atoms with Crippen LogP contribution in [-0.2, 0) is 6.42 Å². The normalized spacial score (nSPS) is 10.2. The van der Waals surface area contributed by atoms with E-state index in [2.05, 4.69) is 17.2 Å². The van der Waals surface area contributed by atoms with Crippen LogP contribution < -0.4 is 11.1 Å². The van der Waals surface area contributed by atoms with E-state index in [9.17, 15) is 4.79 Å². The third-order valence-electron chi connectivity index (χ3n) is 2.91. The van der Waals surface area contributed by atoms with E-state index in [0.29, 0.717) is 11.3 Å². The van der Waals surface area contributed by atoms with Crippen LogP contribution in [0, 0.1) is 6.92 Å². The lowest BCUT2D eigenvalue weighted by molar-refractivity contribution is 0.102. The molecule has 98 valence electrons. The molecule has 0 saturated heterocycles. The predicted octanol–water partition coefficient (Wildman–Crippen LogP) is 2.79. The number of amides is 1. The molecule has 0 atom stereocenters. The predicted molar refractivity (Wildman–Crippen MR) is 77.2 cm³/mol. The van der Waals surface area contributed by atoms with Gasteiger partial charge in [0.25, 0.3) is 5.91 Å². The highest BCUT2D eigenvalue weighted by molar-refractivity contribution is 6.07. The highest BCUT2D eigenvalue weighted by Crippen LogP contribution is 2.16. The molecule has 2 rings (SSSR count). The van der Waals surface area contributed by atoms with Gasteiger partial charge in [-0.05, 0) is 37.1 Å². The minimum absolute atomic E-state index is 0.238. The molecule has 0 aliphatic rings. The smallest absolute Gasteiger partial charge is 0.259 e. The molecule has 4 heteroatoms. The Morgan fingerprint density at radius 1 is 1.37 bits per heavy atom.